The number of hydrogen-bond donors (Lipinski definition) is 1. The molecule has 7 nitrogen and oxygen atoms in total. The summed E-state index contributed by atoms with van der Waals surface area (Å²) >= 11 is 5.88. The molecule has 1 aliphatic rings. The van der Waals surface area contributed by atoms with Gasteiger partial charge in [0.15, 0.2) is 11.3 Å². The van der Waals surface area contributed by atoms with Crippen LogP contribution in [-0.2, 0) is 16.9 Å². The molecule has 1 fully saturated rings. The topological polar surface area (TPSA) is 88.6 Å². The van der Waals surface area contributed by atoms with E-state index in [1.54, 1.807) is 49.5 Å². The first-order valence-electron chi connectivity index (χ1n) is 7.86. The fourth-order valence-electron chi connectivity index (χ4n) is 2.84. The molecule has 0 spiro atoms. The minimum atomic E-state index is -1.24. The number of carbonyl (C=O) groups excluding carboxylic acids is 2. The number of nitrogens with one attached hydrogen (secondary N) is 1. The maximum absolute atomic E-state index is 12.8. The number of aromatic nitrogens is 1. The average Bonchev–Trinajstić information content (AvgIpc) is 3.34. The second kappa shape index (κ2) is 6.03. The lowest BCUT2D eigenvalue weighted by Crippen LogP contribution is -2.40. The highest BCUT2D eigenvalue weighted by Crippen LogP contribution is 2.30. The number of rotatable bonds is 4. The first-order valence-corrected chi connectivity index (χ1v) is 8.24. The van der Waals surface area contributed by atoms with Crippen LogP contribution in [0.3, 0.4) is 0 Å². The Morgan fingerprint density at radius 2 is 2.00 bits per heavy atom. The van der Waals surface area contributed by atoms with Crippen molar-refractivity contribution in [3.63, 3.8) is 0 Å². The van der Waals surface area contributed by atoms with Crippen molar-refractivity contribution in [1.29, 1.82) is 0 Å². The Morgan fingerprint density at radius 3 is 2.69 bits per heavy atom. The van der Waals surface area contributed by atoms with Crippen LogP contribution in [0.15, 0.2) is 57.7 Å². The van der Waals surface area contributed by atoms with Crippen LogP contribution in [0.5, 0.6) is 0 Å². The first-order chi connectivity index (χ1) is 12.5. The van der Waals surface area contributed by atoms with Crippen molar-refractivity contribution >= 4 is 23.5 Å². The van der Waals surface area contributed by atoms with Crippen molar-refractivity contribution in [1.82, 2.24) is 15.2 Å². The fraction of sp³-hybridized carbons (Fsp3) is 0.167. The molecule has 3 aromatic rings. The van der Waals surface area contributed by atoms with E-state index in [1.807, 2.05) is 0 Å². The van der Waals surface area contributed by atoms with Gasteiger partial charge in [-0.25, -0.2) is 9.78 Å². The molecule has 26 heavy (non-hydrogen) atoms. The Labute approximate surface area is 153 Å². The normalized spacial score (nSPS) is 19.8. The number of amides is 3. The van der Waals surface area contributed by atoms with Crippen molar-refractivity contribution < 1.29 is 18.4 Å². The van der Waals surface area contributed by atoms with E-state index in [-0.39, 0.29) is 12.4 Å². The van der Waals surface area contributed by atoms with Crippen LogP contribution in [-0.4, -0.2) is 21.8 Å². The number of imide groups is 1. The van der Waals surface area contributed by atoms with Crippen LogP contribution in [0, 0.1) is 0 Å². The van der Waals surface area contributed by atoms with Crippen LogP contribution >= 0.6 is 11.6 Å². The van der Waals surface area contributed by atoms with Gasteiger partial charge < -0.3 is 14.2 Å². The van der Waals surface area contributed by atoms with Gasteiger partial charge in [0.1, 0.15) is 12.3 Å². The molecule has 1 aromatic carbocycles. The standard InChI is InChI=1S/C18H14ClN3O4/c1-18(14-3-2-8-25-14)16(23)22(17(24)21-18)10-15-20-9-13(26-15)11-4-6-12(19)7-5-11/h2-9H,10H2,1H3,(H,21,24). The van der Waals surface area contributed by atoms with Crippen LogP contribution in [0.25, 0.3) is 11.3 Å². The molecule has 132 valence electrons. The molecule has 0 aliphatic carbocycles. The van der Waals surface area contributed by atoms with Crippen molar-refractivity contribution in [3.8, 4) is 11.3 Å². The zero-order valence-corrected chi connectivity index (χ0v) is 14.5. The smallest absolute Gasteiger partial charge is 0.325 e. The van der Waals surface area contributed by atoms with Crippen LogP contribution in [0.2, 0.25) is 5.02 Å². The second-order valence-corrected chi connectivity index (χ2v) is 6.49. The van der Waals surface area contributed by atoms with Gasteiger partial charge in [0.2, 0.25) is 5.89 Å². The quantitative estimate of drug-likeness (QED) is 0.708. The minimum Gasteiger partial charge on any atom is -0.466 e. The summed E-state index contributed by atoms with van der Waals surface area (Å²) in [4.78, 5) is 30.3. The highest BCUT2D eigenvalue weighted by molar-refractivity contribution is 6.30. The van der Waals surface area contributed by atoms with Crippen molar-refractivity contribution in [2.45, 2.75) is 19.0 Å². The molecule has 2 aromatic heterocycles. The number of carbonyl (C=O) groups is 2. The predicted octanol–water partition coefficient (Wildman–Crippen LogP) is 3.56. The fourth-order valence-corrected chi connectivity index (χ4v) is 2.96. The third-order valence-corrected chi connectivity index (χ3v) is 4.52. The zero-order chi connectivity index (χ0) is 18.3. The van der Waals surface area contributed by atoms with E-state index in [4.69, 9.17) is 20.4 Å². The lowest BCUT2D eigenvalue weighted by atomic mass is 9.99. The summed E-state index contributed by atoms with van der Waals surface area (Å²) in [5.41, 5.74) is -0.447. The number of urea groups is 1. The summed E-state index contributed by atoms with van der Waals surface area (Å²) in [5, 5.41) is 3.27. The van der Waals surface area contributed by atoms with E-state index in [2.05, 4.69) is 10.3 Å². The van der Waals surface area contributed by atoms with E-state index in [0.29, 0.717) is 16.5 Å². The SMILES string of the molecule is CC1(c2ccco2)NC(=O)N(Cc2ncc(-c3ccc(Cl)cc3)o2)C1=O. The highest BCUT2D eigenvalue weighted by atomic mass is 35.5. The van der Waals surface area contributed by atoms with E-state index in [9.17, 15) is 9.59 Å². The molecular weight excluding hydrogens is 358 g/mol. The highest BCUT2D eigenvalue weighted by Gasteiger charge is 2.51. The summed E-state index contributed by atoms with van der Waals surface area (Å²) in [5.74, 6) is 0.718. The second-order valence-electron chi connectivity index (χ2n) is 6.05. The molecule has 3 amide bonds. The third kappa shape index (κ3) is 2.66. The third-order valence-electron chi connectivity index (χ3n) is 4.26. The molecule has 0 radical (unpaired) electrons. The first kappa shape index (κ1) is 16.4. The number of benzene rings is 1. The molecule has 1 atom stereocenters. The minimum absolute atomic E-state index is 0.0748. The molecule has 0 saturated carbocycles. The van der Waals surface area contributed by atoms with Crippen LogP contribution in [0.4, 0.5) is 4.79 Å². The van der Waals surface area contributed by atoms with Gasteiger partial charge in [-0.05, 0) is 43.3 Å². The zero-order valence-electron chi connectivity index (χ0n) is 13.7. The van der Waals surface area contributed by atoms with Gasteiger partial charge in [0.25, 0.3) is 5.91 Å². The summed E-state index contributed by atoms with van der Waals surface area (Å²) in [6, 6.07) is 9.86. The summed E-state index contributed by atoms with van der Waals surface area (Å²) in [7, 11) is 0. The monoisotopic (exact) mass is 371 g/mol. The summed E-state index contributed by atoms with van der Waals surface area (Å²) < 4.78 is 11.0. The van der Waals surface area contributed by atoms with E-state index in [1.165, 1.54) is 6.26 Å². The molecule has 1 N–H and O–H groups in total. The van der Waals surface area contributed by atoms with Gasteiger partial charge in [0, 0.05) is 10.6 Å². The van der Waals surface area contributed by atoms with E-state index in [0.717, 1.165) is 10.5 Å². The van der Waals surface area contributed by atoms with Gasteiger partial charge in [-0.15, -0.1) is 0 Å². The molecule has 1 aliphatic heterocycles. The molecule has 1 unspecified atom stereocenters. The van der Waals surface area contributed by atoms with Crippen molar-refractivity contribution in [3.05, 3.63) is 65.5 Å². The molecule has 8 heteroatoms. The molecule has 4 rings (SSSR count). The maximum Gasteiger partial charge on any atom is 0.325 e. The summed E-state index contributed by atoms with van der Waals surface area (Å²) in [6.45, 7) is 1.52. The molecular formula is C18H14ClN3O4. The summed E-state index contributed by atoms with van der Waals surface area (Å²) in [6.07, 6.45) is 3.00. The van der Waals surface area contributed by atoms with Crippen molar-refractivity contribution in [2.24, 2.45) is 0 Å². The van der Waals surface area contributed by atoms with E-state index >= 15 is 0 Å². The Bertz CT molecular complexity index is 965. The maximum atomic E-state index is 12.8. The number of oxazole rings is 1. The van der Waals surface area contributed by atoms with Gasteiger partial charge in [-0.1, -0.05) is 11.6 Å². The van der Waals surface area contributed by atoms with Gasteiger partial charge >= 0.3 is 6.03 Å². The number of furan rings is 1. The Kier molecular flexibility index (Phi) is 3.81. The Balaban J connectivity index is 1.55. The van der Waals surface area contributed by atoms with Crippen LogP contribution in [0.1, 0.15) is 18.6 Å². The Morgan fingerprint density at radius 1 is 1.23 bits per heavy atom. The number of nitrogens with zero attached hydrogens (tertiary/aromatic N) is 2. The molecule has 1 saturated heterocycles. The number of halogens is 1. The lowest BCUT2D eigenvalue weighted by molar-refractivity contribution is -0.132. The molecule has 3 heterocycles. The lowest BCUT2D eigenvalue weighted by Gasteiger charge is -2.18. The van der Waals surface area contributed by atoms with E-state index < -0.39 is 17.5 Å². The van der Waals surface area contributed by atoms with Crippen molar-refractivity contribution in [2.75, 3.05) is 0 Å². The largest absolute Gasteiger partial charge is 0.466 e. The Hall–Kier alpha value is -3.06. The number of hydrogen-bond acceptors (Lipinski definition) is 5. The van der Waals surface area contributed by atoms with Gasteiger partial charge in [-0.3, -0.25) is 9.69 Å². The predicted molar refractivity (Wildman–Crippen MR) is 92.1 cm³/mol. The van der Waals surface area contributed by atoms with Crippen LogP contribution < -0.4 is 5.32 Å². The van der Waals surface area contributed by atoms with Gasteiger partial charge in [-0.2, -0.15) is 0 Å². The molecule has 0 bridgehead atoms. The van der Waals surface area contributed by atoms with Gasteiger partial charge in [0.05, 0.1) is 12.5 Å². The average molecular weight is 372 g/mol.